The molecule has 1 saturated heterocycles. The van der Waals surface area contributed by atoms with Crippen LogP contribution in [-0.4, -0.2) is 66.8 Å². The standard InChI is InChI=1S/C35H31N5O.C31H23ClN4O/c1-41-34-32-30(20-22-37-34)40(38-33(32)26-19-21-36-31(25-26)39-23-11-12-24-39)35(27-13-5-2-6-14-27,28-15-7-3-8-16-28)29-17-9-4-10-18-29;1-37-30-28-26(18-20-34-30)36(35-29(28)22-17-19-33-27(32)21-22)31(23-11-5-2-6-12-23,24-13-7-3-8-14-24)25-15-9-4-10-16-25/h2-10,13-22,25H,11-12,23-24H2,1H3;2-21H,1H3. The van der Waals surface area contributed by atoms with Gasteiger partial charge in [0.15, 0.2) is 0 Å². The van der Waals surface area contributed by atoms with Crippen molar-refractivity contribution in [2.24, 2.45) is 0 Å². The highest BCUT2D eigenvalue weighted by Gasteiger charge is 2.43. The average molecular weight is 1040 g/mol. The van der Waals surface area contributed by atoms with E-state index in [1.165, 1.54) is 12.8 Å². The number of rotatable bonds is 13. The van der Waals surface area contributed by atoms with Crippen molar-refractivity contribution < 1.29 is 9.47 Å². The molecule has 382 valence electrons. The van der Waals surface area contributed by atoms with Crippen molar-refractivity contribution in [1.29, 1.82) is 0 Å². The van der Waals surface area contributed by atoms with Gasteiger partial charge in [0.1, 0.15) is 33.4 Å². The van der Waals surface area contributed by atoms with Crippen molar-refractivity contribution in [3.05, 3.63) is 282 Å². The molecule has 0 unspecified atom stereocenters. The van der Waals surface area contributed by atoms with E-state index >= 15 is 0 Å². The Hall–Kier alpha value is -9.45. The summed E-state index contributed by atoms with van der Waals surface area (Å²) in [6.45, 7) is 2.05. The molecule has 1 aliphatic heterocycles. The predicted octanol–water partition coefficient (Wildman–Crippen LogP) is 13.9. The molecule has 12 heteroatoms. The number of pyridine rings is 4. The Labute approximate surface area is 458 Å². The maximum atomic E-state index is 6.31. The third-order valence-electron chi connectivity index (χ3n) is 14.7. The summed E-state index contributed by atoms with van der Waals surface area (Å²) < 4.78 is 15.9. The smallest absolute Gasteiger partial charge is 0.224 e. The van der Waals surface area contributed by atoms with Crippen LogP contribution in [-0.2, 0) is 11.1 Å². The van der Waals surface area contributed by atoms with Gasteiger partial charge in [-0.05, 0) is 82.6 Å². The molecule has 11 nitrogen and oxygen atoms in total. The first-order chi connectivity index (χ1) is 38.5. The number of anilines is 1. The van der Waals surface area contributed by atoms with E-state index < -0.39 is 11.1 Å². The average Bonchev–Trinajstić information content (AvgIpc) is 4.47. The molecule has 7 heterocycles. The maximum absolute atomic E-state index is 6.31. The summed E-state index contributed by atoms with van der Waals surface area (Å²) in [6, 6.07) is 75.1. The van der Waals surface area contributed by atoms with E-state index in [-0.39, 0.29) is 0 Å². The van der Waals surface area contributed by atoms with Gasteiger partial charge in [0.05, 0.1) is 36.0 Å². The number of nitrogens with zero attached hydrogens (tertiary/aromatic N) is 9. The van der Waals surface area contributed by atoms with Crippen LogP contribution in [0.3, 0.4) is 0 Å². The Balaban J connectivity index is 0.000000157. The molecule has 6 aromatic heterocycles. The third kappa shape index (κ3) is 8.68. The first-order valence-electron chi connectivity index (χ1n) is 26.0. The van der Waals surface area contributed by atoms with E-state index in [4.69, 9.17) is 36.3 Å². The lowest BCUT2D eigenvalue weighted by molar-refractivity contribution is 0.403. The molecule has 6 aromatic carbocycles. The molecule has 0 N–H and O–H groups in total. The fourth-order valence-corrected chi connectivity index (χ4v) is 11.5. The van der Waals surface area contributed by atoms with Crippen molar-refractivity contribution in [3.63, 3.8) is 0 Å². The van der Waals surface area contributed by atoms with Crippen LogP contribution in [0, 0.1) is 0 Å². The van der Waals surface area contributed by atoms with Crippen molar-refractivity contribution in [2.45, 2.75) is 23.9 Å². The third-order valence-corrected chi connectivity index (χ3v) is 14.9. The highest BCUT2D eigenvalue weighted by Crippen LogP contribution is 2.47. The molecule has 0 amide bonds. The Bertz CT molecular complexity index is 3780. The summed E-state index contributed by atoms with van der Waals surface area (Å²) in [5.74, 6) is 2.02. The monoisotopic (exact) mass is 1040 g/mol. The van der Waals surface area contributed by atoms with Gasteiger partial charge in [-0.3, -0.25) is 0 Å². The normalized spacial score (nSPS) is 12.6. The summed E-state index contributed by atoms with van der Waals surface area (Å²) in [5.41, 5.74) is 10.2. The number of aromatic nitrogens is 8. The number of halogens is 1. The van der Waals surface area contributed by atoms with Crippen LogP contribution >= 0.6 is 11.6 Å². The van der Waals surface area contributed by atoms with E-state index in [2.05, 4.69) is 199 Å². The van der Waals surface area contributed by atoms with Crippen LogP contribution in [0.1, 0.15) is 46.2 Å². The molecule has 1 fully saturated rings. The summed E-state index contributed by atoms with van der Waals surface area (Å²) in [6.07, 6.45) is 9.51. The minimum atomic E-state index is -0.788. The first kappa shape index (κ1) is 49.4. The van der Waals surface area contributed by atoms with E-state index in [9.17, 15) is 0 Å². The van der Waals surface area contributed by atoms with Crippen molar-refractivity contribution >= 4 is 39.2 Å². The van der Waals surface area contributed by atoms with Crippen LogP contribution in [0.25, 0.3) is 44.3 Å². The Morgan fingerprint density at radius 3 is 1.08 bits per heavy atom. The summed E-state index contributed by atoms with van der Waals surface area (Å²) in [5, 5.41) is 12.9. The van der Waals surface area contributed by atoms with Crippen molar-refractivity contribution in [1.82, 2.24) is 39.5 Å². The molecule has 0 aliphatic carbocycles. The Kier molecular flexibility index (Phi) is 13.7. The Morgan fingerprint density at radius 2 is 0.731 bits per heavy atom. The van der Waals surface area contributed by atoms with Crippen molar-refractivity contribution in [2.75, 3.05) is 32.2 Å². The van der Waals surface area contributed by atoms with E-state index in [0.29, 0.717) is 16.9 Å². The van der Waals surface area contributed by atoms with Crippen LogP contribution in [0.5, 0.6) is 11.8 Å². The van der Waals surface area contributed by atoms with Crippen LogP contribution in [0.4, 0.5) is 5.82 Å². The van der Waals surface area contributed by atoms with Gasteiger partial charge in [0, 0.05) is 49.0 Å². The van der Waals surface area contributed by atoms with E-state index in [0.717, 1.165) is 96.6 Å². The molecule has 0 saturated carbocycles. The SMILES string of the molecule is COc1nccc2c1c(-c1ccnc(Cl)c1)nn2C(c1ccccc1)(c1ccccc1)c1ccccc1.COc1nccc2c1c(-c1ccnc(N3CCCC3)c1)nn2C(c1ccccc1)(c1ccccc1)c1ccccc1. The molecule has 78 heavy (non-hydrogen) atoms. The first-order valence-corrected chi connectivity index (χ1v) is 26.4. The molecule has 13 rings (SSSR count). The Morgan fingerprint density at radius 1 is 0.397 bits per heavy atom. The highest BCUT2D eigenvalue weighted by molar-refractivity contribution is 6.29. The van der Waals surface area contributed by atoms with Crippen molar-refractivity contribution in [3.8, 4) is 34.3 Å². The number of methoxy groups -OCH3 is 2. The quantitative estimate of drug-likeness (QED) is 0.0824. The minimum Gasteiger partial charge on any atom is -0.480 e. The zero-order valence-corrected chi connectivity index (χ0v) is 43.9. The van der Waals surface area contributed by atoms with Gasteiger partial charge >= 0.3 is 0 Å². The number of hydrogen-bond donors (Lipinski definition) is 0. The molecule has 0 spiro atoms. The molecule has 1 aliphatic rings. The second-order valence-corrected chi connectivity index (χ2v) is 19.4. The predicted molar refractivity (Wildman–Crippen MR) is 310 cm³/mol. The van der Waals surface area contributed by atoms with Gasteiger partial charge in [-0.15, -0.1) is 0 Å². The number of hydrogen-bond acceptors (Lipinski definition) is 9. The zero-order chi connectivity index (χ0) is 52.9. The lowest BCUT2D eigenvalue weighted by atomic mass is 9.77. The molecule has 0 atom stereocenters. The topological polar surface area (TPSA) is 109 Å². The summed E-state index contributed by atoms with van der Waals surface area (Å²) in [7, 11) is 3.30. The molecule has 0 radical (unpaired) electrons. The molecule has 12 aromatic rings. The van der Waals surface area contributed by atoms with E-state index in [1.54, 1.807) is 32.8 Å². The number of ether oxygens (including phenoxy) is 2. The second kappa shape index (κ2) is 21.7. The maximum Gasteiger partial charge on any atom is 0.224 e. The zero-order valence-electron chi connectivity index (χ0n) is 43.1. The van der Waals surface area contributed by atoms with Crippen LogP contribution < -0.4 is 14.4 Å². The lowest BCUT2D eigenvalue weighted by Crippen LogP contribution is -2.38. The van der Waals surface area contributed by atoms with Crippen LogP contribution in [0.15, 0.2) is 243 Å². The van der Waals surface area contributed by atoms with Gasteiger partial charge in [-0.25, -0.2) is 29.3 Å². The molecule has 0 bridgehead atoms. The fraction of sp³-hybridized carbons (Fsp3) is 0.121. The van der Waals surface area contributed by atoms with Gasteiger partial charge in [-0.1, -0.05) is 194 Å². The molecular weight excluding hydrogens is 986 g/mol. The highest BCUT2D eigenvalue weighted by atomic mass is 35.5. The fourth-order valence-electron chi connectivity index (χ4n) is 11.3. The number of benzene rings is 6. The minimum absolute atomic E-state index is 0.392. The number of fused-ring (bicyclic) bond motifs is 2. The van der Waals surface area contributed by atoms with Gasteiger partial charge in [0.2, 0.25) is 11.8 Å². The van der Waals surface area contributed by atoms with Gasteiger partial charge in [-0.2, -0.15) is 10.2 Å². The van der Waals surface area contributed by atoms with Crippen LogP contribution in [0.2, 0.25) is 5.15 Å². The largest absolute Gasteiger partial charge is 0.480 e. The summed E-state index contributed by atoms with van der Waals surface area (Å²) in [4.78, 5) is 20.4. The van der Waals surface area contributed by atoms with E-state index in [1.807, 2.05) is 54.7 Å². The van der Waals surface area contributed by atoms with Gasteiger partial charge in [0.25, 0.3) is 0 Å². The lowest BCUT2D eigenvalue weighted by Gasteiger charge is -2.37. The second-order valence-electron chi connectivity index (χ2n) is 19.0. The molecular formula is C66H54ClN9O2. The van der Waals surface area contributed by atoms with Gasteiger partial charge < -0.3 is 14.4 Å². The summed E-state index contributed by atoms with van der Waals surface area (Å²) >= 11 is 6.31.